The fourth-order valence-corrected chi connectivity index (χ4v) is 2.56. The Bertz CT molecular complexity index is 725. The second kappa shape index (κ2) is 6.62. The molecule has 0 amide bonds. The molecule has 0 unspecified atom stereocenters. The Morgan fingerprint density at radius 2 is 1.86 bits per heavy atom. The molecule has 0 aliphatic carbocycles. The van der Waals surface area contributed by atoms with Crippen molar-refractivity contribution >= 4 is 28.2 Å². The van der Waals surface area contributed by atoms with Gasteiger partial charge in [0.2, 0.25) is 0 Å². The maximum Gasteiger partial charge on any atom is 0.343 e. The zero-order chi connectivity index (χ0) is 16.3. The van der Waals surface area contributed by atoms with E-state index in [0.717, 1.165) is 5.56 Å². The lowest BCUT2D eigenvalue weighted by molar-refractivity contribution is 0.0468. The van der Waals surface area contributed by atoms with Gasteiger partial charge in [0.25, 0.3) is 0 Å². The molecule has 114 valence electrons. The Balaban J connectivity index is 2.34. The molecule has 0 spiro atoms. The minimum absolute atomic E-state index is 0.00108. The van der Waals surface area contributed by atoms with Crippen molar-refractivity contribution in [1.82, 2.24) is 0 Å². The van der Waals surface area contributed by atoms with E-state index in [2.05, 4.69) is 15.9 Å². The molecule has 0 fully saturated rings. The number of phenolic OH excluding ortho intramolecular Hbond substituents is 2. The van der Waals surface area contributed by atoms with Crippen LogP contribution >= 0.6 is 15.9 Å². The Morgan fingerprint density at radius 1 is 1.23 bits per heavy atom. The third-order valence-electron chi connectivity index (χ3n) is 3.19. The minimum Gasteiger partial charge on any atom is -0.507 e. The van der Waals surface area contributed by atoms with Crippen LogP contribution in [0.1, 0.15) is 31.8 Å². The molecule has 0 atom stereocenters. The van der Waals surface area contributed by atoms with Crippen molar-refractivity contribution < 1.29 is 24.5 Å². The molecule has 0 heterocycles. The van der Waals surface area contributed by atoms with Crippen molar-refractivity contribution in [2.24, 2.45) is 0 Å². The van der Waals surface area contributed by atoms with E-state index in [1.54, 1.807) is 12.1 Å². The van der Waals surface area contributed by atoms with Gasteiger partial charge in [0.1, 0.15) is 23.7 Å². The molecule has 2 N–H and O–H groups in total. The number of carbonyl (C=O) groups excluding carboxylic acids is 2. The molecule has 22 heavy (non-hydrogen) atoms. The van der Waals surface area contributed by atoms with Gasteiger partial charge in [0.05, 0.1) is 10.0 Å². The number of aldehydes is 1. The molecule has 0 bridgehead atoms. The Morgan fingerprint density at radius 3 is 2.45 bits per heavy atom. The van der Waals surface area contributed by atoms with Crippen molar-refractivity contribution in [3.05, 3.63) is 57.1 Å². The normalized spacial score (nSPS) is 10.3. The van der Waals surface area contributed by atoms with Gasteiger partial charge in [-0.15, -0.1) is 0 Å². The molecular formula is C16H13BrO5. The van der Waals surface area contributed by atoms with E-state index in [1.165, 1.54) is 6.92 Å². The fraction of sp³-hybridized carbons (Fsp3) is 0.125. The van der Waals surface area contributed by atoms with Crippen LogP contribution in [0, 0.1) is 6.92 Å². The van der Waals surface area contributed by atoms with Gasteiger partial charge in [-0.2, -0.15) is 0 Å². The lowest BCUT2D eigenvalue weighted by atomic mass is 10.0. The summed E-state index contributed by atoms with van der Waals surface area (Å²) in [6.45, 7) is 1.43. The second-order valence-corrected chi connectivity index (χ2v) is 5.40. The summed E-state index contributed by atoms with van der Waals surface area (Å²) < 4.78 is 5.14. The number of ether oxygens (including phenoxy) is 1. The van der Waals surface area contributed by atoms with Crippen molar-refractivity contribution in [2.75, 3.05) is 0 Å². The highest BCUT2D eigenvalue weighted by Gasteiger charge is 2.25. The molecular weight excluding hydrogens is 352 g/mol. The maximum atomic E-state index is 12.2. The number of phenols is 2. The predicted octanol–water partition coefficient (Wildman–Crippen LogP) is 3.34. The highest BCUT2D eigenvalue weighted by molar-refractivity contribution is 9.10. The van der Waals surface area contributed by atoms with Gasteiger partial charge in [-0.3, -0.25) is 4.79 Å². The molecule has 0 aliphatic heterocycles. The summed E-state index contributed by atoms with van der Waals surface area (Å²) in [5.74, 6) is -1.59. The van der Waals surface area contributed by atoms with Crippen LogP contribution in [-0.4, -0.2) is 22.5 Å². The average Bonchev–Trinajstić information content (AvgIpc) is 2.52. The zero-order valence-corrected chi connectivity index (χ0v) is 13.3. The quantitative estimate of drug-likeness (QED) is 0.641. The highest BCUT2D eigenvalue weighted by Crippen LogP contribution is 2.39. The Kier molecular flexibility index (Phi) is 4.82. The van der Waals surface area contributed by atoms with Crippen molar-refractivity contribution in [3.63, 3.8) is 0 Å². The topological polar surface area (TPSA) is 83.8 Å². The molecule has 0 saturated heterocycles. The summed E-state index contributed by atoms with van der Waals surface area (Å²) >= 11 is 3.05. The number of rotatable bonds is 4. The molecule has 2 aromatic rings. The first kappa shape index (κ1) is 16.0. The molecule has 6 heteroatoms. The maximum absolute atomic E-state index is 12.2. The van der Waals surface area contributed by atoms with Gasteiger partial charge in [-0.1, -0.05) is 30.3 Å². The van der Waals surface area contributed by atoms with Gasteiger partial charge >= 0.3 is 5.97 Å². The van der Waals surface area contributed by atoms with E-state index in [1.807, 2.05) is 18.2 Å². The molecule has 0 saturated carbocycles. The summed E-state index contributed by atoms with van der Waals surface area (Å²) in [7, 11) is 0. The Labute approximate surface area is 135 Å². The molecule has 0 radical (unpaired) electrons. The third-order valence-corrected chi connectivity index (χ3v) is 4.02. The van der Waals surface area contributed by atoms with Crippen LogP contribution in [0.25, 0.3) is 0 Å². The molecule has 0 aliphatic rings. The zero-order valence-electron chi connectivity index (χ0n) is 11.7. The number of aromatic hydroxyl groups is 2. The second-order valence-electron chi connectivity index (χ2n) is 4.60. The smallest absolute Gasteiger partial charge is 0.343 e. The average molecular weight is 365 g/mol. The van der Waals surface area contributed by atoms with Crippen LogP contribution in [0.5, 0.6) is 11.5 Å². The highest BCUT2D eigenvalue weighted by atomic mass is 79.9. The van der Waals surface area contributed by atoms with E-state index in [-0.39, 0.29) is 33.5 Å². The van der Waals surface area contributed by atoms with E-state index in [0.29, 0.717) is 6.29 Å². The van der Waals surface area contributed by atoms with Crippen LogP contribution in [0.4, 0.5) is 0 Å². The summed E-state index contributed by atoms with van der Waals surface area (Å²) in [6.07, 6.45) is 0.403. The monoisotopic (exact) mass is 364 g/mol. The third kappa shape index (κ3) is 2.96. The van der Waals surface area contributed by atoms with Crippen molar-refractivity contribution in [2.45, 2.75) is 13.5 Å². The van der Waals surface area contributed by atoms with E-state index < -0.39 is 11.7 Å². The van der Waals surface area contributed by atoms with Gasteiger partial charge in [-0.25, -0.2) is 4.79 Å². The molecule has 0 aromatic heterocycles. The predicted molar refractivity (Wildman–Crippen MR) is 83.2 cm³/mol. The van der Waals surface area contributed by atoms with Crippen LogP contribution in [0.3, 0.4) is 0 Å². The largest absolute Gasteiger partial charge is 0.507 e. The lowest BCUT2D eigenvalue weighted by Crippen LogP contribution is -2.09. The van der Waals surface area contributed by atoms with Crippen LogP contribution in [-0.2, 0) is 11.3 Å². The molecule has 2 rings (SSSR count). The lowest BCUT2D eigenvalue weighted by Gasteiger charge is -2.13. The first-order valence-corrected chi connectivity index (χ1v) is 7.16. The van der Waals surface area contributed by atoms with E-state index in [4.69, 9.17) is 4.74 Å². The van der Waals surface area contributed by atoms with Crippen molar-refractivity contribution in [1.29, 1.82) is 0 Å². The number of hydrogen-bond acceptors (Lipinski definition) is 5. The summed E-state index contributed by atoms with van der Waals surface area (Å²) in [5.41, 5.74) is 0.532. The summed E-state index contributed by atoms with van der Waals surface area (Å²) in [4.78, 5) is 23.2. The first-order chi connectivity index (χ1) is 10.5. The summed E-state index contributed by atoms with van der Waals surface area (Å²) in [6, 6.07) is 9.05. The standard InChI is InChI=1S/C16H13BrO5/c1-9-14(19)11(7-18)13(17)12(15(9)20)16(21)22-8-10-5-3-2-4-6-10/h2-7,19-20H,8H2,1H3. The number of esters is 1. The fourth-order valence-electron chi connectivity index (χ4n) is 1.93. The van der Waals surface area contributed by atoms with Gasteiger partial charge in [0, 0.05) is 5.56 Å². The van der Waals surface area contributed by atoms with Gasteiger partial charge < -0.3 is 14.9 Å². The van der Waals surface area contributed by atoms with Crippen molar-refractivity contribution in [3.8, 4) is 11.5 Å². The summed E-state index contributed by atoms with van der Waals surface area (Å²) in [5, 5.41) is 19.8. The number of benzene rings is 2. The van der Waals surface area contributed by atoms with Crippen LogP contribution in [0.2, 0.25) is 0 Å². The first-order valence-electron chi connectivity index (χ1n) is 6.37. The van der Waals surface area contributed by atoms with Gasteiger partial charge in [-0.05, 0) is 28.4 Å². The number of halogens is 1. The minimum atomic E-state index is -0.792. The van der Waals surface area contributed by atoms with E-state index >= 15 is 0 Å². The Hall–Kier alpha value is -2.34. The SMILES string of the molecule is Cc1c(O)c(C=O)c(Br)c(C(=O)OCc2ccccc2)c1O. The number of hydrogen-bond donors (Lipinski definition) is 2. The number of carbonyl (C=O) groups is 2. The molecule has 2 aromatic carbocycles. The van der Waals surface area contributed by atoms with Crippen LogP contribution in [0.15, 0.2) is 34.8 Å². The van der Waals surface area contributed by atoms with E-state index in [9.17, 15) is 19.8 Å². The van der Waals surface area contributed by atoms with Crippen LogP contribution < -0.4 is 0 Å². The van der Waals surface area contributed by atoms with Gasteiger partial charge in [0.15, 0.2) is 6.29 Å². The molecule has 5 nitrogen and oxygen atoms in total.